The summed E-state index contributed by atoms with van der Waals surface area (Å²) in [6.45, 7) is 3.85. The summed E-state index contributed by atoms with van der Waals surface area (Å²) in [6, 6.07) is 12.5. The van der Waals surface area contributed by atoms with Crippen LogP contribution in [0.3, 0.4) is 0 Å². The van der Waals surface area contributed by atoms with Gasteiger partial charge >= 0.3 is 0 Å². The minimum Gasteiger partial charge on any atom is -0.388 e. The van der Waals surface area contributed by atoms with Gasteiger partial charge < -0.3 is 20.1 Å². The predicted octanol–water partition coefficient (Wildman–Crippen LogP) is 4.18. The minimum atomic E-state index is -0.0722. The summed E-state index contributed by atoms with van der Waals surface area (Å²) in [5, 5.41) is 12.0. The normalized spacial score (nSPS) is 13.5. The highest BCUT2D eigenvalue weighted by Gasteiger charge is 2.22. The van der Waals surface area contributed by atoms with E-state index in [4.69, 9.17) is 0 Å². The summed E-state index contributed by atoms with van der Waals surface area (Å²) in [6.07, 6.45) is 6.78. The first kappa shape index (κ1) is 25.3. The van der Waals surface area contributed by atoms with Crippen LogP contribution in [0.1, 0.15) is 34.5 Å². The Morgan fingerprint density at radius 3 is 2.68 bits per heavy atom. The molecule has 2 N–H and O–H groups in total. The standard InChI is InChI=1S/C29H33N7O2/c1-19-14-22(30-2)7-8-23(19)24-15-21(16-26-25(24)17-27(32-26)29(38)34(3)4)20-6-5-11-35(18-20)28(37)9-12-36-13-10-31-33-36/h6-8,10,13-17,30,32H,5,9,11-12,18H2,1-4H3. The molecule has 3 heterocycles. The van der Waals surface area contributed by atoms with Gasteiger partial charge in [0.2, 0.25) is 5.91 Å². The molecule has 196 valence electrons. The number of nitrogens with zero attached hydrogens (tertiary/aromatic N) is 5. The molecule has 0 spiro atoms. The van der Waals surface area contributed by atoms with Crippen molar-refractivity contribution in [2.24, 2.45) is 0 Å². The van der Waals surface area contributed by atoms with Gasteiger partial charge in [-0.2, -0.15) is 0 Å². The van der Waals surface area contributed by atoms with E-state index in [2.05, 4.69) is 63.9 Å². The van der Waals surface area contributed by atoms with E-state index in [0.717, 1.165) is 50.8 Å². The number of aromatic nitrogens is 4. The van der Waals surface area contributed by atoms with E-state index in [1.165, 1.54) is 0 Å². The molecule has 0 bridgehead atoms. The number of fused-ring (bicyclic) bond motifs is 1. The number of aromatic amines is 1. The molecule has 0 radical (unpaired) electrons. The summed E-state index contributed by atoms with van der Waals surface area (Å²) in [7, 11) is 5.41. The maximum absolute atomic E-state index is 13.0. The van der Waals surface area contributed by atoms with Crippen molar-refractivity contribution >= 4 is 34.0 Å². The Kier molecular flexibility index (Phi) is 7.00. The highest BCUT2D eigenvalue weighted by Crippen LogP contribution is 2.36. The van der Waals surface area contributed by atoms with Crippen molar-refractivity contribution in [3.05, 3.63) is 71.7 Å². The summed E-state index contributed by atoms with van der Waals surface area (Å²) in [5.41, 5.74) is 7.95. The topological polar surface area (TPSA) is 99.1 Å². The van der Waals surface area contributed by atoms with Crippen molar-refractivity contribution in [1.82, 2.24) is 29.8 Å². The summed E-state index contributed by atoms with van der Waals surface area (Å²) in [5.74, 6) is 0.0293. The number of anilines is 1. The van der Waals surface area contributed by atoms with E-state index >= 15 is 0 Å². The zero-order chi connectivity index (χ0) is 26.8. The van der Waals surface area contributed by atoms with Crippen molar-refractivity contribution in [3.63, 3.8) is 0 Å². The Morgan fingerprint density at radius 1 is 1.13 bits per heavy atom. The Labute approximate surface area is 222 Å². The molecular weight excluding hydrogens is 478 g/mol. The van der Waals surface area contributed by atoms with E-state index in [9.17, 15) is 9.59 Å². The SMILES string of the molecule is CNc1ccc(-c2cc(C3=CCCN(C(=O)CCn4ccnn4)C3)cc3[nH]c(C(=O)N(C)C)cc23)c(C)c1. The maximum atomic E-state index is 13.0. The van der Waals surface area contributed by atoms with Crippen LogP contribution in [0.25, 0.3) is 27.6 Å². The number of nitrogens with one attached hydrogen (secondary N) is 2. The predicted molar refractivity (Wildman–Crippen MR) is 150 cm³/mol. The van der Waals surface area contributed by atoms with Gasteiger partial charge in [-0.25, -0.2) is 0 Å². The van der Waals surface area contributed by atoms with Crippen LogP contribution >= 0.6 is 0 Å². The summed E-state index contributed by atoms with van der Waals surface area (Å²) < 4.78 is 1.68. The van der Waals surface area contributed by atoms with E-state index in [1.54, 1.807) is 36.1 Å². The molecule has 2 amide bonds. The molecule has 4 aromatic rings. The second kappa shape index (κ2) is 10.5. The molecular formula is C29H33N7O2. The smallest absolute Gasteiger partial charge is 0.269 e. The van der Waals surface area contributed by atoms with Gasteiger partial charge in [0.15, 0.2) is 0 Å². The molecule has 5 rings (SSSR count). The number of carbonyl (C=O) groups excluding carboxylic acids is 2. The lowest BCUT2D eigenvalue weighted by molar-refractivity contribution is -0.131. The molecule has 2 aromatic carbocycles. The lowest BCUT2D eigenvalue weighted by Gasteiger charge is -2.28. The van der Waals surface area contributed by atoms with Gasteiger partial charge in [0.1, 0.15) is 5.69 Å². The molecule has 0 saturated carbocycles. The highest BCUT2D eigenvalue weighted by molar-refractivity contribution is 6.04. The molecule has 0 saturated heterocycles. The molecule has 0 fully saturated rings. The number of aryl methyl sites for hydroxylation is 2. The number of carbonyl (C=O) groups is 2. The molecule has 2 aromatic heterocycles. The fraction of sp³-hybridized carbons (Fsp3) is 0.310. The number of hydrogen-bond acceptors (Lipinski definition) is 5. The molecule has 38 heavy (non-hydrogen) atoms. The van der Waals surface area contributed by atoms with Crippen LogP contribution in [0, 0.1) is 6.92 Å². The van der Waals surface area contributed by atoms with Crippen molar-refractivity contribution in [3.8, 4) is 11.1 Å². The third kappa shape index (κ3) is 5.04. The van der Waals surface area contributed by atoms with E-state index in [1.807, 2.05) is 18.0 Å². The van der Waals surface area contributed by atoms with Crippen LogP contribution in [0.2, 0.25) is 0 Å². The van der Waals surface area contributed by atoms with Gasteiger partial charge in [-0.1, -0.05) is 17.4 Å². The van der Waals surface area contributed by atoms with Crippen LogP contribution in [0.5, 0.6) is 0 Å². The first-order valence-corrected chi connectivity index (χ1v) is 12.8. The first-order chi connectivity index (χ1) is 18.3. The molecule has 1 aliphatic rings. The largest absolute Gasteiger partial charge is 0.388 e. The number of H-pyrrole nitrogens is 1. The fourth-order valence-corrected chi connectivity index (χ4v) is 5.01. The zero-order valence-electron chi connectivity index (χ0n) is 22.3. The Balaban J connectivity index is 1.51. The monoisotopic (exact) mass is 511 g/mol. The number of benzene rings is 2. The van der Waals surface area contributed by atoms with Gasteiger partial charge in [0.25, 0.3) is 5.91 Å². The molecule has 9 nitrogen and oxygen atoms in total. The van der Waals surface area contributed by atoms with E-state index in [-0.39, 0.29) is 11.8 Å². The number of hydrogen-bond donors (Lipinski definition) is 2. The van der Waals surface area contributed by atoms with Crippen molar-refractivity contribution in [2.75, 3.05) is 39.5 Å². The highest BCUT2D eigenvalue weighted by atomic mass is 16.2. The lowest BCUT2D eigenvalue weighted by atomic mass is 9.92. The molecule has 0 unspecified atom stereocenters. The number of amides is 2. The van der Waals surface area contributed by atoms with Gasteiger partial charge in [-0.3, -0.25) is 14.3 Å². The molecule has 0 aliphatic carbocycles. The van der Waals surface area contributed by atoms with Crippen LogP contribution in [0.15, 0.2) is 54.9 Å². The molecule has 0 atom stereocenters. The second-order valence-electron chi connectivity index (χ2n) is 9.90. The van der Waals surface area contributed by atoms with Crippen molar-refractivity contribution < 1.29 is 9.59 Å². The maximum Gasteiger partial charge on any atom is 0.269 e. The van der Waals surface area contributed by atoms with Crippen LogP contribution in [0.4, 0.5) is 5.69 Å². The average molecular weight is 512 g/mol. The van der Waals surface area contributed by atoms with Crippen LogP contribution in [-0.2, 0) is 11.3 Å². The molecule has 9 heteroatoms. The third-order valence-corrected chi connectivity index (χ3v) is 7.08. The summed E-state index contributed by atoms with van der Waals surface area (Å²) in [4.78, 5) is 32.6. The first-order valence-electron chi connectivity index (χ1n) is 12.8. The van der Waals surface area contributed by atoms with Gasteiger partial charge in [0, 0.05) is 63.4 Å². The van der Waals surface area contributed by atoms with Crippen molar-refractivity contribution in [1.29, 1.82) is 0 Å². The van der Waals surface area contributed by atoms with Crippen LogP contribution < -0.4 is 5.32 Å². The van der Waals surface area contributed by atoms with Gasteiger partial charge in [0.05, 0.1) is 12.7 Å². The Hall–Kier alpha value is -4.40. The minimum absolute atomic E-state index is 0.0722. The second-order valence-corrected chi connectivity index (χ2v) is 9.90. The Bertz CT molecular complexity index is 1520. The van der Waals surface area contributed by atoms with E-state index < -0.39 is 0 Å². The fourth-order valence-electron chi connectivity index (χ4n) is 5.01. The average Bonchev–Trinajstić information content (AvgIpc) is 3.61. The lowest BCUT2D eigenvalue weighted by Crippen LogP contribution is -2.36. The number of rotatable bonds is 7. The van der Waals surface area contributed by atoms with Gasteiger partial charge in [-0.05, 0) is 71.5 Å². The third-order valence-electron chi connectivity index (χ3n) is 7.08. The van der Waals surface area contributed by atoms with Gasteiger partial charge in [-0.15, -0.1) is 5.10 Å². The quantitative estimate of drug-likeness (QED) is 0.388. The van der Waals surface area contributed by atoms with Crippen LogP contribution in [-0.4, -0.2) is 75.8 Å². The zero-order valence-corrected chi connectivity index (χ0v) is 22.3. The van der Waals surface area contributed by atoms with Crippen molar-refractivity contribution in [2.45, 2.75) is 26.3 Å². The van der Waals surface area contributed by atoms with E-state index in [0.29, 0.717) is 31.7 Å². The Morgan fingerprint density at radius 2 is 1.97 bits per heavy atom. The summed E-state index contributed by atoms with van der Waals surface area (Å²) >= 11 is 0. The molecule has 1 aliphatic heterocycles.